The topological polar surface area (TPSA) is 119 Å². The van der Waals surface area contributed by atoms with Crippen molar-refractivity contribution >= 4 is 76.8 Å². The van der Waals surface area contributed by atoms with E-state index in [1.807, 2.05) is 0 Å². The Bertz CT molecular complexity index is 1370. The van der Waals surface area contributed by atoms with Crippen LogP contribution in [0, 0.1) is 13.1 Å². The standard InChI is InChI=1S/C21H12N4O7S4/c1-7(26)31-10-12-13(34-19(33-12)9-17(28)24(5)21(30)25(6)18(9)29)11(32-8(2)27)15-14(10)35-20(36-15)16(22-3)23-4/h1-2,5-6H3. The molecule has 1 fully saturated rings. The molecule has 0 atom stereocenters. The summed E-state index contributed by atoms with van der Waals surface area (Å²) in [4.78, 5) is 71.3. The normalized spacial score (nSPS) is 16.5. The van der Waals surface area contributed by atoms with Crippen LogP contribution in [0.15, 0.2) is 39.5 Å². The predicted molar refractivity (Wildman–Crippen MR) is 131 cm³/mol. The van der Waals surface area contributed by atoms with Crippen LogP contribution in [0.5, 0.6) is 11.5 Å². The van der Waals surface area contributed by atoms with Gasteiger partial charge in [-0.15, -0.1) is 0 Å². The van der Waals surface area contributed by atoms with Gasteiger partial charge < -0.3 is 9.47 Å². The van der Waals surface area contributed by atoms with Crippen LogP contribution in [0.1, 0.15) is 13.8 Å². The number of imide groups is 2. The van der Waals surface area contributed by atoms with Gasteiger partial charge in [0.2, 0.25) is 0 Å². The Morgan fingerprint density at radius 1 is 0.750 bits per heavy atom. The number of benzene rings is 1. The lowest BCUT2D eigenvalue weighted by molar-refractivity contribution is -0.135. The second-order valence-corrected chi connectivity index (χ2v) is 11.7. The first-order valence-corrected chi connectivity index (χ1v) is 12.9. The number of hydrogen-bond acceptors (Lipinski definition) is 11. The quantitative estimate of drug-likeness (QED) is 0.171. The predicted octanol–water partition coefficient (Wildman–Crippen LogP) is 4.16. The summed E-state index contributed by atoms with van der Waals surface area (Å²) < 4.78 is 11.6. The third-order valence-electron chi connectivity index (χ3n) is 4.72. The molecule has 0 saturated carbocycles. The third kappa shape index (κ3) is 4.14. The van der Waals surface area contributed by atoms with E-state index in [9.17, 15) is 24.0 Å². The summed E-state index contributed by atoms with van der Waals surface area (Å²) in [6.45, 7) is 16.9. The Balaban J connectivity index is 1.96. The first kappa shape index (κ1) is 25.7. The Morgan fingerprint density at radius 2 is 1.14 bits per heavy atom. The SMILES string of the molecule is [C-]#[N+]C([N+]#[C-])=C1Sc2c(OC(C)=O)c3c(c(OC(C)=O)c2S1)SC(=C1C(=O)N(C)C(=O)N(C)C1=O)S3. The number of carbonyl (C=O) groups is 5. The molecule has 15 heteroatoms. The number of esters is 2. The number of rotatable bonds is 2. The van der Waals surface area contributed by atoms with Gasteiger partial charge in [0.1, 0.15) is 23.0 Å². The van der Waals surface area contributed by atoms with Crippen LogP contribution in [-0.2, 0) is 19.2 Å². The zero-order chi connectivity index (χ0) is 26.5. The van der Waals surface area contributed by atoms with E-state index in [0.717, 1.165) is 56.8 Å². The lowest BCUT2D eigenvalue weighted by atomic mass is 10.2. The molecule has 182 valence electrons. The van der Waals surface area contributed by atoms with Crippen LogP contribution in [0.4, 0.5) is 4.79 Å². The number of fused-ring (bicyclic) bond motifs is 2. The van der Waals surface area contributed by atoms with E-state index in [0.29, 0.717) is 23.8 Å². The smallest absolute Gasteiger partial charge is 0.424 e. The zero-order valence-electron chi connectivity index (χ0n) is 18.8. The fourth-order valence-electron chi connectivity index (χ4n) is 3.18. The number of likely N-dealkylation sites (N-methyl/N-ethyl adjacent to an activating group) is 2. The second-order valence-electron chi connectivity index (χ2n) is 7.08. The number of nitrogens with zero attached hydrogens (tertiary/aromatic N) is 4. The van der Waals surface area contributed by atoms with Gasteiger partial charge in [-0.1, -0.05) is 47.0 Å². The van der Waals surface area contributed by atoms with E-state index in [1.54, 1.807) is 0 Å². The monoisotopic (exact) mass is 560 g/mol. The minimum absolute atomic E-state index is 0.0896. The van der Waals surface area contributed by atoms with E-state index < -0.39 is 29.8 Å². The van der Waals surface area contributed by atoms with Gasteiger partial charge in [-0.25, -0.2) is 4.79 Å². The number of ether oxygens (including phenoxy) is 2. The van der Waals surface area contributed by atoms with E-state index in [2.05, 4.69) is 9.69 Å². The summed E-state index contributed by atoms with van der Waals surface area (Å²) >= 11 is 3.96. The van der Waals surface area contributed by atoms with Crippen LogP contribution >= 0.6 is 47.0 Å². The summed E-state index contributed by atoms with van der Waals surface area (Å²) in [5.74, 6) is -2.91. The lowest BCUT2D eigenvalue weighted by Gasteiger charge is -2.29. The number of carbonyl (C=O) groups excluding carboxylic acids is 5. The van der Waals surface area contributed by atoms with Crippen LogP contribution in [0.2, 0.25) is 0 Å². The summed E-state index contributed by atoms with van der Waals surface area (Å²) in [6, 6.07) is -0.775. The molecular formula is C21H12N4O7S4. The highest BCUT2D eigenvalue weighted by Gasteiger charge is 2.45. The highest BCUT2D eigenvalue weighted by atomic mass is 32.2. The van der Waals surface area contributed by atoms with Crippen molar-refractivity contribution in [3.05, 3.63) is 42.7 Å². The molecule has 3 heterocycles. The van der Waals surface area contributed by atoms with E-state index >= 15 is 0 Å². The molecule has 1 saturated heterocycles. The Morgan fingerprint density at radius 3 is 1.50 bits per heavy atom. The molecule has 1 aromatic rings. The average molecular weight is 561 g/mol. The minimum Gasteiger partial charge on any atom is -0.424 e. The Labute approximate surface area is 221 Å². The number of barbiturate groups is 1. The molecule has 0 radical (unpaired) electrons. The zero-order valence-corrected chi connectivity index (χ0v) is 22.0. The average Bonchev–Trinajstić information content (AvgIpc) is 3.45. The highest BCUT2D eigenvalue weighted by Crippen LogP contribution is 2.68. The van der Waals surface area contributed by atoms with Gasteiger partial charge in [0.25, 0.3) is 11.8 Å². The van der Waals surface area contributed by atoms with Crippen molar-refractivity contribution in [1.29, 1.82) is 0 Å². The van der Waals surface area contributed by atoms with Crippen molar-refractivity contribution in [3.8, 4) is 11.5 Å². The first-order valence-electron chi connectivity index (χ1n) is 9.65. The summed E-state index contributed by atoms with van der Waals surface area (Å²) in [5.41, 5.74) is -0.252. The maximum atomic E-state index is 12.9. The number of urea groups is 1. The van der Waals surface area contributed by atoms with Crippen molar-refractivity contribution in [3.63, 3.8) is 0 Å². The molecule has 0 aromatic heterocycles. The van der Waals surface area contributed by atoms with Crippen LogP contribution < -0.4 is 9.47 Å². The first-order chi connectivity index (χ1) is 17.0. The second kappa shape index (κ2) is 9.59. The molecule has 0 unspecified atom stereocenters. The molecule has 0 spiro atoms. The minimum atomic E-state index is -0.797. The van der Waals surface area contributed by atoms with E-state index in [1.165, 1.54) is 27.9 Å². The van der Waals surface area contributed by atoms with Crippen LogP contribution in [0.3, 0.4) is 0 Å². The summed E-state index contributed by atoms with van der Waals surface area (Å²) in [7, 11) is 2.50. The highest BCUT2D eigenvalue weighted by molar-refractivity contribution is 8.26. The van der Waals surface area contributed by atoms with Gasteiger partial charge >= 0.3 is 23.8 Å². The molecular weight excluding hydrogens is 549 g/mol. The van der Waals surface area contributed by atoms with Gasteiger partial charge in [-0.2, -0.15) is 9.69 Å². The summed E-state index contributed by atoms with van der Waals surface area (Å²) in [5, 5.41) is 0. The third-order valence-corrected chi connectivity index (χ3v) is 9.87. The van der Waals surface area contributed by atoms with Crippen LogP contribution in [-0.4, -0.2) is 53.7 Å². The van der Waals surface area contributed by atoms with E-state index in [-0.39, 0.29) is 27.1 Å². The fourth-order valence-corrected chi connectivity index (χ4v) is 8.49. The lowest BCUT2D eigenvalue weighted by Crippen LogP contribution is -2.53. The number of thioether (sulfide) groups is 4. The van der Waals surface area contributed by atoms with Crippen molar-refractivity contribution in [2.45, 2.75) is 33.4 Å². The number of amides is 4. The van der Waals surface area contributed by atoms with Gasteiger partial charge in [0.15, 0.2) is 11.5 Å². The molecule has 4 amide bonds. The fraction of sp³-hybridized carbons (Fsp3) is 0.190. The van der Waals surface area contributed by atoms with Crippen molar-refractivity contribution < 1.29 is 33.4 Å². The summed E-state index contributed by atoms with van der Waals surface area (Å²) in [6.07, 6.45) is 0. The molecule has 0 bridgehead atoms. The molecule has 36 heavy (non-hydrogen) atoms. The largest absolute Gasteiger partial charge is 0.540 e. The van der Waals surface area contributed by atoms with Gasteiger partial charge in [0.05, 0.1) is 23.8 Å². The maximum Gasteiger partial charge on any atom is 0.540 e. The Kier molecular flexibility index (Phi) is 6.85. The Hall–Kier alpha value is -3.37. The van der Waals surface area contributed by atoms with Crippen molar-refractivity contribution in [1.82, 2.24) is 9.80 Å². The van der Waals surface area contributed by atoms with Gasteiger partial charge in [0, 0.05) is 27.9 Å². The van der Waals surface area contributed by atoms with E-state index in [4.69, 9.17) is 22.6 Å². The molecule has 3 aliphatic heterocycles. The van der Waals surface area contributed by atoms with Gasteiger partial charge in [-0.05, 0) is 0 Å². The maximum absolute atomic E-state index is 12.9. The molecule has 0 N–H and O–H groups in total. The number of hydrogen-bond donors (Lipinski definition) is 0. The van der Waals surface area contributed by atoms with Crippen LogP contribution in [0.25, 0.3) is 9.69 Å². The molecule has 3 aliphatic rings. The molecule has 1 aromatic carbocycles. The molecule has 4 rings (SSSR count). The van der Waals surface area contributed by atoms with Gasteiger partial charge in [-0.3, -0.25) is 29.0 Å². The van der Waals surface area contributed by atoms with Crippen molar-refractivity contribution in [2.24, 2.45) is 0 Å². The van der Waals surface area contributed by atoms with Crippen molar-refractivity contribution in [2.75, 3.05) is 14.1 Å². The molecule has 11 nitrogen and oxygen atoms in total. The molecule has 0 aliphatic carbocycles.